The standard InChI is InChI=1S/C19H35NO4/c1-15-11-16-13-19(14-17(12-15)18(16)19)24-10-9-23-8-7-22-6-5-21-4-3-20-2/h15-18,20H,3-14H2,1-2H3. The number of ether oxygens (including phenoxy) is 4. The molecular weight excluding hydrogens is 306 g/mol. The van der Waals surface area contributed by atoms with Crippen molar-refractivity contribution in [1.29, 1.82) is 0 Å². The molecule has 0 aromatic carbocycles. The number of nitrogens with one attached hydrogen (secondary N) is 1. The zero-order valence-corrected chi connectivity index (χ0v) is 15.4. The molecule has 0 aliphatic heterocycles. The van der Waals surface area contributed by atoms with Gasteiger partial charge in [0.25, 0.3) is 0 Å². The van der Waals surface area contributed by atoms with Gasteiger partial charge < -0.3 is 24.3 Å². The molecule has 0 saturated heterocycles. The minimum atomic E-state index is 0.250. The first kappa shape index (κ1) is 18.6. The van der Waals surface area contributed by atoms with Crippen LogP contribution in [0.3, 0.4) is 0 Å². The van der Waals surface area contributed by atoms with E-state index < -0.39 is 0 Å². The van der Waals surface area contributed by atoms with Crippen LogP contribution in [0, 0.1) is 23.7 Å². The highest BCUT2D eigenvalue weighted by Crippen LogP contribution is 2.68. The second-order valence-electron chi connectivity index (χ2n) is 7.88. The summed E-state index contributed by atoms with van der Waals surface area (Å²) in [6.45, 7) is 8.00. The Morgan fingerprint density at radius 3 is 1.96 bits per heavy atom. The molecule has 0 spiro atoms. The maximum atomic E-state index is 6.23. The maximum Gasteiger partial charge on any atom is 0.0722 e. The van der Waals surface area contributed by atoms with Gasteiger partial charge in [-0.2, -0.15) is 0 Å². The van der Waals surface area contributed by atoms with Gasteiger partial charge >= 0.3 is 0 Å². The second kappa shape index (κ2) is 8.95. The van der Waals surface area contributed by atoms with E-state index in [1.807, 2.05) is 7.05 Å². The van der Waals surface area contributed by atoms with Gasteiger partial charge in [-0.15, -0.1) is 0 Å². The van der Waals surface area contributed by atoms with Gasteiger partial charge in [0, 0.05) is 6.54 Å². The molecule has 0 aromatic rings. The van der Waals surface area contributed by atoms with Crippen molar-refractivity contribution in [2.75, 3.05) is 59.8 Å². The van der Waals surface area contributed by atoms with Crippen LogP contribution in [0.2, 0.25) is 0 Å². The third kappa shape index (κ3) is 4.31. The van der Waals surface area contributed by atoms with Crippen LogP contribution < -0.4 is 5.32 Å². The largest absolute Gasteiger partial charge is 0.378 e. The molecule has 2 unspecified atom stereocenters. The Kier molecular flexibility index (Phi) is 6.93. The third-order valence-electron chi connectivity index (χ3n) is 6.11. The highest BCUT2D eigenvalue weighted by atomic mass is 16.6. The zero-order valence-electron chi connectivity index (χ0n) is 15.4. The topological polar surface area (TPSA) is 49.0 Å². The molecule has 0 amide bonds. The van der Waals surface area contributed by atoms with Crippen molar-refractivity contribution >= 4 is 0 Å². The molecule has 0 aromatic heterocycles. The van der Waals surface area contributed by atoms with E-state index in [0.29, 0.717) is 33.0 Å². The second-order valence-corrected chi connectivity index (χ2v) is 7.88. The van der Waals surface area contributed by atoms with Gasteiger partial charge in [-0.3, -0.25) is 0 Å². The third-order valence-corrected chi connectivity index (χ3v) is 6.11. The molecule has 0 heterocycles. The number of likely N-dealkylation sites (N-methyl/N-ethyl adjacent to an activating group) is 1. The van der Waals surface area contributed by atoms with Gasteiger partial charge in [0.05, 0.1) is 51.8 Å². The minimum Gasteiger partial charge on any atom is -0.378 e. The summed E-state index contributed by atoms with van der Waals surface area (Å²) in [6.07, 6.45) is 5.46. The normalized spacial score (nSPS) is 36.8. The summed E-state index contributed by atoms with van der Waals surface area (Å²) in [4.78, 5) is 0. The summed E-state index contributed by atoms with van der Waals surface area (Å²) in [5.74, 6) is 3.72. The summed E-state index contributed by atoms with van der Waals surface area (Å²) in [7, 11) is 1.92. The smallest absolute Gasteiger partial charge is 0.0722 e. The first-order valence-corrected chi connectivity index (χ1v) is 9.77. The fraction of sp³-hybridized carbons (Fsp3) is 1.00. The quantitative estimate of drug-likeness (QED) is 0.520. The fourth-order valence-electron chi connectivity index (χ4n) is 5.24. The van der Waals surface area contributed by atoms with Gasteiger partial charge in [-0.05, 0) is 56.4 Å². The maximum absolute atomic E-state index is 6.23. The molecule has 0 radical (unpaired) electrons. The zero-order chi connectivity index (χ0) is 16.8. The molecule has 140 valence electrons. The summed E-state index contributed by atoms with van der Waals surface area (Å²) < 4.78 is 22.7. The van der Waals surface area contributed by atoms with Crippen molar-refractivity contribution in [2.24, 2.45) is 23.7 Å². The van der Waals surface area contributed by atoms with Crippen LogP contribution in [0.25, 0.3) is 0 Å². The highest BCUT2D eigenvalue weighted by molar-refractivity contribution is 5.17. The molecule has 2 atom stereocenters. The lowest BCUT2D eigenvalue weighted by molar-refractivity contribution is -0.293. The van der Waals surface area contributed by atoms with E-state index in [1.54, 1.807) is 0 Å². The first-order valence-electron chi connectivity index (χ1n) is 9.77. The van der Waals surface area contributed by atoms with E-state index in [0.717, 1.165) is 43.4 Å². The average Bonchev–Trinajstić information content (AvgIpc) is 2.52. The summed E-state index contributed by atoms with van der Waals surface area (Å²) in [6, 6.07) is 0. The van der Waals surface area contributed by atoms with Crippen molar-refractivity contribution in [1.82, 2.24) is 5.32 Å². The molecule has 5 heteroatoms. The lowest BCUT2D eigenvalue weighted by atomic mass is 9.39. The van der Waals surface area contributed by atoms with E-state index in [4.69, 9.17) is 18.9 Å². The van der Waals surface area contributed by atoms with E-state index in [9.17, 15) is 0 Å². The van der Waals surface area contributed by atoms with Crippen LogP contribution in [-0.4, -0.2) is 65.4 Å². The van der Waals surface area contributed by atoms with Crippen LogP contribution >= 0.6 is 0 Å². The van der Waals surface area contributed by atoms with Crippen LogP contribution in [0.15, 0.2) is 0 Å². The van der Waals surface area contributed by atoms with Crippen LogP contribution in [0.1, 0.15) is 32.6 Å². The molecular formula is C19H35NO4. The van der Waals surface area contributed by atoms with Crippen LogP contribution in [0.5, 0.6) is 0 Å². The molecule has 3 aliphatic carbocycles. The Balaban J connectivity index is 1.13. The van der Waals surface area contributed by atoms with Gasteiger partial charge in [-0.25, -0.2) is 0 Å². The summed E-state index contributed by atoms with van der Waals surface area (Å²) >= 11 is 0. The molecule has 1 N–H and O–H groups in total. The lowest BCUT2D eigenvalue weighted by Crippen LogP contribution is -2.70. The van der Waals surface area contributed by atoms with Crippen LogP contribution in [0.4, 0.5) is 0 Å². The number of rotatable bonds is 13. The fourth-order valence-corrected chi connectivity index (χ4v) is 5.24. The van der Waals surface area contributed by atoms with Crippen molar-refractivity contribution in [3.63, 3.8) is 0 Å². The number of hydrogen-bond acceptors (Lipinski definition) is 5. The monoisotopic (exact) mass is 341 g/mol. The summed E-state index contributed by atoms with van der Waals surface area (Å²) in [5.41, 5.74) is 0.250. The number of hydrogen-bond donors (Lipinski definition) is 1. The molecule has 3 aliphatic rings. The average molecular weight is 341 g/mol. The SMILES string of the molecule is CNCCOCCOCCOCCOC12CC3CC(C)CC(C1)C32. The Labute approximate surface area is 146 Å². The van der Waals surface area contributed by atoms with E-state index in [-0.39, 0.29) is 5.60 Å². The van der Waals surface area contributed by atoms with E-state index in [1.165, 1.54) is 25.7 Å². The highest BCUT2D eigenvalue weighted by Gasteiger charge is 2.67. The van der Waals surface area contributed by atoms with Crippen molar-refractivity contribution in [3.05, 3.63) is 0 Å². The predicted molar refractivity (Wildman–Crippen MR) is 93.2 cm³/mol. The van der Waals surface area contributed by atoms with E-state index in [2.05, 4.69) is 12.2 Å². The Bertz CT molecular complexity index is 362. The van der Waals surface area contributed by atoms with Crippen molar-refractivity contribution < 1.29 is 18.9 Å². The molecule has 24 heavy (non-hydrogen) atoms. The predicted octanol–water partition coefficient (Wildman–Crippen LogP) is 2.10. The van der Waals surface area contributed by atoms with Crippen molar-refractivity contribution in [2.45, 2.75) is 38.2 Å². The molecule has 0 bridgehead atoms. The summed E-state index contributed by atoms with van der Waals surface area (Å²) in [5, 5.41) is 3.04. The Morgan fingerprint density at radius 1 is 0.833 bits per heavy atom. The Morgan fingerprint density at radius 2 is 1.38 bits per heavy atom. The van der Waals surface area contributed by atoms with Gasteiger partial charge in [-0.1, -0.05) is 6.92 Å². The Hall–Kier alpha value is -0.200. The molecule has 3 rings (SSSR count). The molecule has 5 nitrogen and oxygen atoms in total. The van der Waals surface area contributed by atoms with Gasteiger partial charge in [0.1, 0.15) is 0 Å². The molecule has 3 saturated carbocycles. The van der Waals surface area contributed by atoms with Crippen LogP contribution in [-0.2, 0) is 18.9 Å². The van der Waals surface area contributed by atoms with Crippen molar-refractivity contribution in [3.8, 4) is 0 Å². The van der Waals surface area contributed by atoms with E-state index >= 15 is 0 Å². The first-order chi connectivity index (χ1) is 11.7. The van der Waals surface area contributed by atoms with Gasteiger partial charge in [0.15, 0.2) is 0 Å². The van der Waals surface area contributed by atoms with Gasteiger partial charge in [0.2, 0.25) is 0 Å². The molecule has 3 fully saturated rings. The lowest BCUT2D eigenvalue weighted by Gasteiger charge is -2.70. The minimum absolute atomic E-state index is 0.250.